The molecule has 0 bridgehead atoms. The summed E-state index contributed by atoms with van der Waals surface area (Å²) in [5.41, 5.74) is 3.31. The largest absolute Gasteiger partial charge is 0.468 e. The summed E-state index contributed by atoms with van der Waals surface area (Å²) in [5, 5.41) is 9.28. The van der Waals surface area contributed by atoms with Gasteiger partial charge in [-0.25, -0.2) is 0 Å². The number of methoxy groups -OCH3 is 1. The van der Waals surface area contributed by atoms with E-state index < -0.39 is 6.10 Å². The van der Waals surface area contributed by atoms with Gasteiger partial charge in [0.1, 0.15) is 5.76 Å². The molecule has 0 fully saturated rings. The van der Waals surface area contributed by atoms with Gasteiger partial charge in [0.25, 0.3) is 5.95 Å². The summed E-state index contributed by atoms with van der Waals surface area (Å²) in [6, 6.07) is 0. The Kier molecular flexibility index (Phi) is 7.72. The van der Waals surface area contributed by atoms with E-state index in [1.807, 2.05) is 19.9 Å². The third kappa shape index (κ3) is 5.85. The Morgan fingerprint density at radius 2 is 1.96 bits per heavy atom. The average Bonchev–Trinajstić information content (AvgIpc) is 2.51. The molecule has 0 aliphatic rings. The van der Waals surface area contributed by atoms with Crippen LogP contribution in [0.2, 0.25) is 0 Å². The molecule has 1 aromatic rings. The van der Waals surface area contributed by atoms with E-state index in [0.29, 0.717) is 23.3 Å². The summed E-state index contributed by atoms with van der Waals surface area (Å²) in [5.74, 6) is 0.918. The quantitative estimate of drug-likeness (QED) is 0.605. The second kappa shape index (κ2) is 9.28. The Morgan fingerprint density at radius 3 is 2.54 bits per heavy atom. The first kappa shape index (κ1) is 20.0. The molecule has 1 heterocycles. The topological polar surface area (TPSA) is 59.7 Å². The fourth-order valence-corrected chi connectivity index (χ4v) is 2.37. The molecule has 0 unspecified atom stereocenters. The van der Waals surface area contributed by atoms with Gasteiger partial charge in [0.05, 0.1) is 18.8 Å². The second-order valence-electron chi connectivity index (χ2n) is 6.11. The molecule has 0 aliphatic carbocycles. The lowest BCUT2D eigenvalue weighted by Gasteiger charge is -2.08. The van der Waals surface area contributed by atoms with Gasteiger partial charge in [-0.05, 0) is 41.0 Å². The lowest BCUT2D eigenvalue weighted by Crippen LogP contribution is -2.13. The van der Waals surface area contributed by atoms with Gasteiger partial charge in [-0.3, -0.25) is 4.79 Å². The van der Waals surface area contributed by atoms with Gasteiger partial charge in [0.15, 0.2) is 5.43 Å². The molecule has 1 N–H and O–H groups in total. The van der Waals surface area contributed by atoms with Gasteiger partial charge in [-0.2, -0.15) is 0 Å². The van der Waals surface area contributed by atoms with Gasteiger partial charge in [-0.15, -0.1) is 0 Å². The highest BCUT2D eigenvalue weighted by Crippen LogP contribution is 2.19. The van der Waals surface area contributed by atoms with Crippen LogP contribution in [0.1, 0.15) is 44.1 Å². The van der Waals surface area contributed by atoms with Gasteiger partial charge in [0.2, 0.25) is 0 Å². The first-order valence-corrected chi connectivity index (χ1v) is 8.12. The number of ether oxygens (including phenoxy) is 1. The Morgan fingerprint density at radius 1 is 1.29 bits per heavy atom. The van der Waals surface area contributed by atoms with Crippen molar-refractivity contribution in [1.82, 2.24) is 0 Å². The van der Waals surface area contributed by atoms with Crippen LogP contribution in [0.4, 0.5) is 0 Å². The van der Waals surface area contributed by atoms with Crippen molar-refractivity contribution in [3.05, 3.63) is 62.6 Å². The highest BCUT2D eigenvalue weighted by molar-refractivity contribution is 5.30. The van der Waals surface area contributed by atoms with Crippen molar-refractivity contribution in [3.8, 4) is 5.95 Å². The average molecular weight is 332 g/mol. The third-order valence-electron chi connectivity index (χ3n) is 3.77. The lowest BCUT2D eigenvalue weighted by molar-refractivity contribution is 0.243. The van der Waals surface area contributed by atoms with Crippen LogP contribution in [0, 0.1) is 13.8 Å². The van der Waals surface area contributed by atoms with Gasteiger partial charge >= 0.3 is 0 Å². The molecule has 0 radical (unpaired) electrons. The zero-order valence-corrected chi connectivity index (χ0v) is 15.5. The second-order valence-corrected chi connectivity index (χ2v) is 6.11. The smallest absolute Gasteiger partial charge is 0.291 e. The van der Waals surface area contributed by atoms with Crippen molar-refractivity contribution in [1.29, 1.82) is 0 Å². The summed E-state index contributed by atoms with van der Waals surface area (Å²) < 4.78 is 10.8. The van der Waals surface area contributed by atoms with E-state index in [1.165, 1.54) is 12.7 Å². The normalized spacial score (nSPS) is 14.3. The molecule has 0 spiro atoms. The summed E-state index contributed by atoms with van der Waals surface area (Å²) >= 11 is 0. The van der Waals surface area contributed by atoms with Crippen LogP contribution in [0.15, 0.2) is 44.7 Å². The maximum Gasteiger partial charge on any atom is 0.291 e. The zero-order valence-electron chi connectivity index (χ0n) is 15.5. The van der Waals surface area contributed by atoms with E-state index in [4.69, 9.17) is 9.15 Å². The number of aliphatic hydroxyl groups is 1. The summed E-state index contributed by atoms with van der Waals surface area (Å²) in [6.07, 6.45) is 8.82. The molecule has 0 aromatic carbocycles. The fraction of sp³-hybridized carbons (Fsp3) is 0.450. The number of aliphatic hydroxyl groups excluding tert-OH is 1. The number of allylic oxidation sites excluding steroid dienone is 5. The molecule has 0 saturated heterocycles. The Hall–Kier alpha value is -2.07. The summed E-state index contributed by atoms with van der Waals surface area (Å²) in [7, 11) is 1.50. The van der Waals surface area contributed by atoms with Crippen LogP contribution in [0.3, 0.4) is 0 Å². The molecule has 1 atom stereocenters. The molecule has 4 nitrogen and oxygen atoms in total. The number of hydrogen-bond donors (Lipinski definition) is 1. The molecular formula is C20H28O4. The molecular weight excluding hydrogens is 304 g/mol. The monoisotopic (exact) mass is 332 g/mol. The Labute approximate surface area is 144 Å². The van der Waals surface area contributed by atoms with Crippen molar-refractivity contribution >= 4 is 0 Å². The zero-order chi connectivity index (χ0) is 18.3. The van der Waals surface area contributed by atoms with Crippen molar-refractivity contribution in [3.63, 3.8) is 0 Å². The number of hydrogen-bond acceptors (Lipinski definition) is 4. The first-order valence-electron chi connectivity index (χ1n) is 8.12. The number of rotatable bonds is 7. The van der Waals surface area contributed by atoms with Crippen molar-refractivity contribution < 1.29 is 14.3 Å². The first-order chi connectivity index (χ1) is 11.3. The van der Waals surface area contributed by atoms with Crippen molar-refractivity contribution in [2.45, 2.75) is 53.6 Å². The molecule has 0 aliphatic heterocycles. The van der Waals surface area contributed by atoms with Crippen LogP contribution in [0.5, 0.6) is 5.95 Å². The highest BCUT2D eigenvalue weighted by Gasteiger charge is 2.13. The van der Waals surface area contributed by atoms with E-state index in [-0.39, 0.29) is 11.4 Å². The van der Waals surface area contributed by atoms with E-state index in [1.54, 1.807) is 26.8 Å². The predicted octanol–water partition coefficient (Wildman–Crippen LogP) is 4.03. The Bertz CT molecular complexity index is 703. The van der Waals surface area contributed by atoms with Gasteiger partial charge in [-0.1, -0.05) is 35.5 Å². The maximum atomic E-state index is 12.2. The predicted molar refractivity (Wildman–Crippen MR) is 97.7 cm³/mol. The highest BCUT2D eigenvalue weighted by atomic mass is 16.6. The molecule has 24 heavy (non-hydrogen) atoms. The van der Waals surface area contributed by atoms with Gasteiger partial charge < -0.3 is 14.3 Å². The van der Waals surface area contributed by atoms with E-state index in [2.05, 4.69) is 12.2 Å². The minimum atomic E-state index is -0.436. The molecule has 1 rings (SSSR count). The minimum absolute atomic E-state index is 0.0297. The van der Waals surface area contributed by atoms with E-state index in [9.17, 15) is 9.90 Å². The van der Waals surface area contributed by atoms with Crippen LogP contribution >= 0.6 is 0 Å². The van der Waals surface area contributed by atoms with Crippen LogP contribution in [-0.4, -0.2) is 18.3 Å². The third-order valence-corrected chi connectivity index (χ3v) is 3.77. The van der Waals surface area contributed by atoms with Crippen LogP contribution in [0.25, 0.3) is 0 Å². The molecule has 1 aromatic heterocycles. The minimum Gasteiger partial charge on any atom is -0.468 e. The standard InChI is InChI=1S/C20H28O4/c1-13(8-7-9-14(2)12-15(3)21)10-11-18-16(4)19(22)17(5)20(23-6)24-18/h7,9-10,12,15,21H,8,11H2,1-6H3/b9-7+,13-10+,14-12+/t15-/m1/s1. The van der Waals surface area contributed by atoms with E-state index in [0.717, 1.165) is 12.0 Å². The summed E-state index contributed by atoms with van der Waals surface area (Å²) in [4.78, 5) is 12.2. The van der Waals surface area contributed by atoms with E-state index >= 15 is 0 Å². The fourth-order valence-electron chi connectivity index (χ4n) is 2.37. The molecule has 4 heteroatoms. The molecule has 0 amide bonds. The van der Waals surface area contributed by atoms with Crippen LogP contribution in [-0.2, 0) is 6.42 Å². The van der Waals surface area contributed by atoms with Crippen molar-refractivity contribution in [2.75, 3.05) is 7.11 Å². The van der Waals surface area contributed by atoms with Gasteiger partial charge in [0, 0.05) is 12.0 Å². The SMILES string of the molecule is COc1oc(C/C=C(\C)C/C=C/C(C)=C/[C@@H](C)O)c(C)c(=O)c1C. The summed E-state index contributed by atoms with van der Waals surface area (Å²) in [6.45, 7) is 9.21. The van der Waals surface area contributed by atoms with Crippen molar-refractivity contribution in [2.24, 2.45) is 0 Å². The molecule has 0 saturated carbocycles. The molecule has 132 valence electrons. The van der Waals surface area contributed by atoms with Crippen LogP contribution < -0.4 is 10.2 Å². The maximum absolute atomic E-state index is 12.2. The lowest BCUT2D eigenvalue weighted by atomic mass is 10.1. The Balaban J connectivity index is 2.81.